The fraction of sp³-hybridized carbons (Fsp3) is 0.733. The largest absolute Gasteiger partial charge is 0.383 e. The van der Waals surface area contributed by atoms with Gasteiger partial charge in [-0.05, 0) is 32.9 Å². The maximum atomic E-state index is 5.13. The van der Waals surface area contributed by atoms with Crippen molar-refractivity contribution in [1.82, 2.24) is 15.5 Å². The predicted molar refractivity (Wildman–Crippen MR) is 84.6 cm³/mol. The van der Waals surface area contributed by atoms with Crippen molar-refractivity contribution in [3.05, 3.63) is 17.8 Å². The van der Waals surface area contributed by atoms with Crippen LogP contribution in [0.15, 0.2) is 12.1 Å². The maximum Gasteiger partial charge on any atom is 0.151 e. The van der Waals surface area contributed by atoms with Crippen molar-refractivity contribution in [3.8, 4) is 0 Å². The Bertz CT molecular complexity index is 382. The van der Waals surface area contributed by atoms with Crippen LogP contribution in [-0.2, 0) is 16.0 Å². The SMILES string of the molecule is COCCN(CCOC)c1ccc(CNC(C)(C)C)nn1. The van der Waals surface area contributed by atoms with E-state index in [1.165, 1.54) is 0 Å². The molecule has 0 aliphatic carbocycles. The second kappa shape index (κ2) is 8.92. The third-order valence-electron chi connectivity index (χ3n) is 2.96. The average Bonchev–Trinajstić information content (AvgIpc) is 2.45. The van der Waals surface area contributed by atoms with E-state index in [-0.39, 0.29) is 5.54 Å². The van der Waals surface area contributed by atoms with Gasteiger partial charge < -0.3 is 19.7 Å². The Balaban J connectivity index is 2.63. The van der Waals surface area contributed by atoms with Crippen molar-refractivity contribution >= 4 is 5.82 Å². The minimum atomic E-state index is 0.0727. The van der Waals surface area contributed by atoms with Gasteiger partial charge in [0, 0.05) is 39.4 Å². The highest BCUT2D eigenvalue weighted by Gasteiger charge is 2.11. The molecular weight excluding hydrogens is 268 g/mol. The molecule has 0 atom stereocenters. The van der Waals surface area contributed by atoms with Crippen LogP contribution in [0.3, 0.4) is 0 Å². The van der Waals surface area contributed by atoms with E-state index in [0.717, 1.165) is 24.6 Å². The summed E-state index contributed by atoms with van der Waals surface area (Å²) in [4.78, 5) is 2.11. The van der Waals surface area contributed by atoms with E-state index in [2.05, 4.69) is 41.2 Å². The van der Waals surface area contributed by atoms with E-state index in [1.54, 1.807) is 14.2 Å². The number of ether oxygens (including phenoxy) is 2. The molecule has 0 spiro atoms. The van der Waals surface area contributed by atoms with Crippen molar-refractivity contribution in [2.45, 2.75) is 32.9 Å². The normalized spacial score (nSPS) is 11.7. The van der Waals surface area contributed by atoms with Crippen molar-refractivity contribution in [3.63, 3.8) is 0 Å². The summed E-state index contributed by atoms with van der Waals surface area (Å²) < 4.78 is 10.3. The molecule has 0 bridgehead atoms. The van der Waals surface area contributed by atoms with Crippen LogP contribution in [0, 0.1) is 0 Å². The molecule has 1 aromatic rings. The summed E-state index contributed by atoms with van der Waals surface area (Å²) >= 11 is 0. The van der Waals surface area contributed by atoms with Gasteiger partial charge in [0.2, 0.25) is 0 Å². The smallest absolute Gasteiger partial charge is 0.151 e. The van der Waals surface area contributed by atoms with Crippen LogP contribution in [0.2, 0.25) is 0 Å². The van der Waals surface area contributed by atoms with Gasteiger partial charge >= 0.3 is 0 Å². The van der Waals surface area contributed by atoms with Crippen LogP contribution < -0.4 is 10.2 Å². The molecule has 21 heavy (non-hydrogen) atoms. The predicted octanol–water partition coefficient (Wildman–Crippen LogP) is 1.46. The van der Waals surface area contributed by atoms with Crippen LogP contribution >= 0.6 is 0 Å². The molecule has 6 heteroatoms. The third-order valence-corrected chi connectivity index (χ3v) is 2.96. The zero-order chi connectivity index (χ0) is 15.7. The quantitative estimate of drug-likeness (QED) is 0.744. The van der Waals surface area contributed by atoms with E-state index in [1.807, 2.05) is 12.1 Å². The number of nitrogens with zero attached hydrogens (tertiary/aromatic N) is 3. The lowest BCUT2D eigenvalue weighted by Gasteiger charge is -2.23. The van der Waals surface area contributed by atoms with E-state index < -0.39 is 0 Å². The molecule has 0 aliphatic heterocycles. The zero-order valence-corrected chi connectivity index (χ0v) is 13.8. The van der Waals surface area contributed by atoms with Crippen molar-refractivity contribution in [2.75, 3.05) is 45.4 Å². The maximum absolute atomic E-state index is 5.13. The highest BCUT2D eigenvalue weighted by atomic mass is 16.5. The lowest BCUT2D eigenvalue weighted by atomic mass is 10.1. The average molecular weight is 296 g/mol. The highest BCUT2D eigenvalue weighted by Crippen LogP contribution is 2.10. The van der Waals surface area contributed by atoms with Gasteiger partial charge in [-0.1, -0.05) is 0 Å². The monoisotopic (exact) mass is 296 g/mol. The Kier molecular flexibility index (Phi) is 7.56. The van der Waals surface area contributed by atoms with Crippen molar-refractivity contribution in [1.29, 1.82) is 0 Å². The molecule has 1 rings (SSSR count). The van der Waals surface area contributed by atoms with Crippen molar-refractivity contribution in [2.24, 2.45) is 0 Å². The molecule has 0 fully saturated rings. The van der Waals surface area contributed by atoms with Crippen molar-refractivity contribution < 1.29 is 9.47 Å². The Morgan fingerprint density at radius 1 is 1.05 bits per heavy atom. The Morgan fingerprint density at radius 3 is 2.10 bits per heavy atom. The molecule has 0 aliphatic rings. The van der Waals surface area contributed by atoms with Crippen LogP contribution in [0.5, 0.6) is 0 Å². The molecule has 0 unspecified atom stereocenters. The molecule has 120 valence electrons. The minimum Gasteiger partial charge on any atom is -0.383 e. The summed E-state index contributed by atoms with van der Waals surface area (Å²) in [6, 6.07) is 4.01. The number of hydrogen-bond donors (Lipinski definition) is 1. The molecule has 0 saturated heterocycles. The van der Waals surface area contributed by atoms with Gasteiger partial charge in [-0.15, -0.1) is 5.10 Å². The first kappa shape index (κ1) is 17.8. The molecule has 0 amide bonds. The first-order valence-corrected chi connectivity index (χ1v) is 7.26. The van der Waals surface area contributed by atoms with Gasteiger partial charge in [0.1, 0.15) is 0 Å². The Hall–Kier alpha value is -1.24. The molecule has 0 saturated carbocycles. The van der Waals surface area contributed by atoms with E-state index in [9.17, 15) is 0 Å². The molecule has 1 aromatic heterocycles. The fourth-order valence-electron chi connectivity index (χ4n) is 1.72. The minimum absolute atomic E-state index is 0.0727. The van der Waals surface area contributed by atoms with E-state index >= 15 is 0 Å². The van der Waals surface area contributed by atoms with Crippen LogP contribution in [-0.4, -0.2) is 56.3 Å². The Labute approximate surface area is 127 Å². The van der Waals surface area contributed by atoms with Crippen LogP contribution in [0.1, 0.15) is 26.5 Å². The summed E-state index contributed by atoms with van der Waals surface area (Å²) in [5.74, 6) is 0.851. The first-order valence-electron chi connectivity index (χ1n) is 7.26. The number of rotatable bonds is 9. The Morgan fingerprint density at radius 2 is 1.67 bits per heavy atom. The second-order valence-corrected chi connectivity index (χ2v) is 5.96. The summed E-state index contributed by atoms with van der Waals surface area (Å²) in [7, 11) is 3.39. The summed E-state index contributed by atoms with van der Waals surface area (Å²) in [6.07, 6.45) is 0. The molecule has 0 radical (unpaired) electrons. The molecular formula is C15H28N4O2. The van der Waals surface area contributed by atoms with Gasteiger partial charge in [-0.3, -0.25) is 0 Å². The number of hydrogen-bond acceptors (Lipinski definition) is 6. The van der Waals surface area contributed by atoms with Gasteiger partial charge in [0.25, 0.3) is 0 Å². The lowest BCUT2D eigenvalue weighted by Crippen LogP contribution is -2.35. The number of methoxy groups -OCH3 is 2. The summed E-state index contributed by atoms with van der Waals surface area (Å²) in [5, 5.41) is 12.0. The van der Waals surface area contributed by atoms with Gasteiger partial charge in [0.05, 0.1) is 18.9 Å². The van der Waals surface area contributed by atoms with Gasteiger partial charge in [-0.25, -0.2) is 0 Å². The zero-order valence-electron chi connectivity index (χ0n) is 13.8. The molecule has 1 N–H and O–H groups in total. The number of nitrogens with one attached hydrogen (secondary N) is 1. The molecule has 6 nitrogen and oxygen atoms in total. The number of anilines is 1. The number of aromatic nitrogens is 2. The van der Waals surface area contributed by atoms with Gasteiger partial charge in [0.15, 0.2) is 5.82 Å². The van der Waals surface area contributed by atoms with Crippen LogP contribution in [0.25, 0.3) is 0 Å². The first-order chi connectivity index (χ1) is 9.96. The fourth-order valence-corrected chi connectivity index (χ4v) is 1.72. The third kappa shape index (κ3) is 7.36. The van der Waals surface area contributed by atoms with Crippen LogP contribution in [0.4, 0.5) is 5.82 Å². The topological polar surface area (TPSA) is 59.5 Å². The summed E-state index contributed by atoms with van der Waals surface area (Å²) in [6.45, 7) is 9.96. The summed E-state index contributed by atoms with van der Waals surface area (Å²) in [5.41, 5.74) is 1.01. The standard InChI is InChI=1S/C15H28N4O2/c1-15(2,3)16-12-13-6-7-14(18-17-13)19(8-10-20-4)9-11-21-5/h6-7,16H,8-12H2,1-5H3. The second-order valence-electron chi connectivity index (χ2n) is 5.96. The highest BCUT2D eigenvalue weighted by molar-refractivity contribution is 5.37. The molecule has 1 heterocycles. The molecule has 0 aromatic carbocycles. The van der Waals surface area contributed by atoms with E-state index in [0.29, 0.717) is 19.8 Å². The lowest BCUT2D eigenvalue weighted by molar-refractivity contribution is 0.190. The van der Waals surface area contributed by atoms with E-state index in [4.69, 9.17) is 9.47 Å². The van der Waals surface area contributed by atoms with Gasteiger partial charge in [-0.2, -0.15) is 5.10 Å².